The van der Waals surface area contributed by atoms with Crippen molar-refractivity contribution < 1.29 is 4.79 Å². The van der Waals surface area contributed by atoms with E-state index in [2.05, 4.69) is 15.3 Å². The molecule has 0 radical (unpaired) electrons. The second-order valence-corrected chi connectivity index (χ2v) is 4.82. The lowest BCUT2D eigenvalue weighted by Gasteiger charge is -2.06. The zero-order valence-corrected chi connectivity index (χ0v) is 9.26. The van der Waals surface area contributed by atoms with Gasteiger partial charge in [0.25, 0.3) is 0 Å². The highest BCUT2D eigenvalue weighted by molar-refractivity contribution is 5.93. The predicted octanol–water partition coefficient (Wildman–Crippen LogP) is 2.15. The summed E-state index contributed by atoms with van der Waals surface area (Å²) < 4.78 is 0. The van der Waals surface area contributed by atoms with Gasteiger partial charge in [0.2, 0.25) is 5.91 Å². The van der Waals surface area contributed by atoms with E-state index in [0.29, 0.717) is 19.4 Å². The van der Waals surface area contributed by atoms with Crippen LogP contribution in [0.25, 0.3) is 10.4 Å². The quantitative estimate of drug-likeness (QED) is 0.478. The molecule has 0 spiro atoms. The summed E-state index contributed by atoms with van der Waals surface area (Å²) in [6, 6.07) is 9.77. The molecule has 0 aliphatic heterocycles. The van der Waals surface area contributed by atoms with Gasteiger partial charge < -0.3 is 5.32 Å². The van der Waals surface area contributed by atoms with E-state index < -0.39 is 0 Å². The zero-order valence-electron chi connectivity index (χ0n) is 9.26. The van der Waals surface area contributed by atoms with Crippen LogP contribution < -0.4 is 5.32 Å². The summed E-state index contributed by atoms with van der Waals surface area (Å²) in [4.78, 5) is 14.7. The molecule has 1 amide bonds. The van der Waals surface area contributed by atoms with Crippen LogP contribution in [0.2, 0.25) is 0 Å². The Morgan fingerprint density at radius 3 is 2.76 bits per heavy atom. The number of rotatable bonds is 4. The molecule has 0 heterocycles. The molecule has 0 atom stereocenters. The first-order valence-corrected chi connectivity index (χ1v) is 5.61. The van der Waals surface area contributed by atoms with Crippen molar-refractivity contribution in [3.8, 4) is 0 Å². The van der Waals surface area contributed by atoms with E-state index >= 15 is 0 Å². The molecule has 0 unspecified atom stereocenters. The lowest BCUT2D eigenvalue weighted by molar-refractivity contribution is -0.124. The summed E-state index contributed by atoms with van der Waals surface area (Å²) in [6.45, 7) is 0.535. The molecule has 1 N–H and O–H groups in total. The second kappa shape index (κ2) is 3.25. The number of nitrogens with one attached hydrogen (secondary N) is 1. The van der Waals surface area contributed by atoms with Crippen molar-refractivity contribution in [1.82, 2.24) is 5.32 Å². The third kappa shape index (κ3) is 1.40. The van der Waals surface area contributed by atoms with Crippen LogP contribution in [0.4, 0.5) is 0 Å². The van der Waals surface area contributed by atoms with Gasteiger partial charge in [-0.2, -0.15) is 0 Å². The van der Waals surface area contributed by atoms with E-state index in [1.165, 1.54) is 0 Å². The molecule has 1 aromatic rings. The molecule has 2 aliphatic rings. The first kappa shape index (κ1) is 10.2. The Morgan fingerprint density at radius 1 is 1.41 bits per heavy atom. The van der Waals surface area contributed by atoms with Gasteiger partial charge in [-0.1, -0.05) is 35.4 Å². The minimum atomic E-state index is -0.372. The summed E-state index contributed by atoms with van der Waals surface area (Å²) in [7, 11) is 0. The predicted molar refractivity (Wildman–Crippen MR) is 61.8 cm³/mol. The Kier molecular flexibility index (Phi) is 1.94. The van der Waals surface area contributed by atoms with Gasteiger partial charge in [-0.25, -0.2) is 0 Å². The van der Waals surface area contributed by atoms with Crippen molar-refractivity contribution in [2.45, 2.75) is 24.9 Å². The van der Waals surface area contributed by atoms with Crippen LogP contribution in [-0.4, -0.2) is 11.4 Å². The van der Waals surface area contributed by atoms with E-state index in [4.69, 9.17) is 5.53 Å². The maximum atomic E-state index is 11.9. The van der Waals surface area contributed by atoms with E-state index in [0.717, 1.165) is 5.56 Å². The number of benzene rings is 1. The third-order valence-electron chi connectivity index (χ3n) is 3.80. The number of hydrogen-bond acceptors (Lipinski definition) is 2. The highest BCUT2D eigenvalue weighted by atomic mass is 16.2. The Hall–Kier alpha value is -2.00. The van der Waals surface area contributed by atoms with Gasteiger partial charge >= 0.3 is 0 Å². The lowest BCUT2D eigenvalue weighted by Crippen LogP contribution is -2.27. The number of carbonyl (C=O) groups excluding carboxylic acids is 1. The van der Waals surface area contributed by atoms with Crippen molar-refractivity contribution in [3.63, 3.8) is 0 Å². The molecular formula is C12H12N4O. The Morgan fingerprint density at radius 2 is 2.12 bits per heavy atom. The van der Waals surface area contributed by atoms with Gasteiger partial charge in [-0.3, -0.25) is 4.79 Å². The summed E-state index contributed by atoms with van der Waals surface area (Å²) >= 11 is 0. The third-order valence-corrected chi connectivity index (χ3v) is 3.80. The molecule has 86 valence electrons. The zero-order chi connectivity index (χ0) is 11.9. The van der Waals surface area contributed by atoms with Crippen LogP contribution in [-0.2, 0) is 11.3 Å². The van der Waals surface area contributed by atoms with Gasteiger partial charge in [-0.05, 0) is 23.9 Å². The van der Waals surface area contributed by atoms with Crippen LogP contribution in [0.1, 0.15) is 18.4 Å². The molecule has 2 fully saturated rings. The smallest absolute Gasteiger partial charge is 0.227 e. The summed E-state index contributed by atoms with van der Waals surface area (Å²) in [5, 5.41) is 6.61. The number of carbonyl (C=O) groups is 1. The molecule has 2 aliphatic carbocycles. The molecule has 5 nitrogen and oxygen atoms in total. The molecule has 3 rings (SSSR count). The SMILES string of the molecule is [N-]=[N+]=NC12CC1(C(=O)NCc1ccccc1)C2. The van der Waals surface area contributed by atoms with E-state index in [9.17, 15) is 4.79 Å². The molecule has 0 saturated heterocycles. The normalized spacial score (nSPS) is 32.0. The summed E-state index contributed by atoms with van der Waals surface area (Å²) in [6.07, 6.45) is 1.43. The maximum Gasteiger partial charge on any atom is 0.227 e. The van der Waals surface area contributed by atoms with Crippen LogP contribution in [0.3, 0.4) is 0 Å². The van der Waals surface area contributed by atoms with Crippen LogP contribution in [0.15, 0.2) is 35.4 Å². The summed E-state index contributed by atoms with van der Waals surface area (Å²) in [5.74, 6) is 0.0220. The highest BCUT2D eigenvalue weighted by Gasteiger charge is 2.87. The number of nitrogens with zero attached hydrogens (tertiary/aromatic N) is 3. The molecule has 2 saturated carbocycles. The van der Waals surface area contributed by atoms with E-state index in [-0.39, 0.29) is 16.9 Å². The first-order valence-electron chi connectivity index (χ1n) is 5.61. The van der Waals surface area contributed by atoms with Gasteiger partial charge in [0, 0.05) is 11.5 Å². The Balaban J connectivity index is 1.59. The van der Waals surface area contributed by atoms with Crippen LogP contribution >= 0.6 is 0 Å². The van der Waals surface area contributed by atoms with E-state index in [1.54, 1.807) is 0 Å². The number of fused-ring (bicyclic) bond motifs is 1. The second-order valence-electron chi connectivity index (χ2n) is 4.82. The largest absolute Gasteiger partial charge is 0.352 e. The van der Waals surface area contributed by atoms with E-state index in [1.807, 2.05) is 30.3 Å². The monoisotopic (exact) mass is 228 g/mol. The van der Waals surface area contributed by atoms with Crippen molar-refractivity contribution in [1.29, 1.82) is 0 Å². The Bertz CT molecular complexity index is 513. The van der Waals surface area contributed by atoms with Crippen molar-refractivity contribution in [3.05, 3.63) is 46.3 Å². The van der Waals surface area contributed by atoms with Crippen molar-refractivity contribution >= 4 is 5.91 Å². The molecule has 5 heteroatoms. The minimum absolute atomic E-state index is 0.0220. The molecule has 0 bridgehead atoms. The lowest BCUT2D eigenvalue weighted by atomic mass is 10.2. The average Bonchev–Trinajstić information content (AvgIpc) is 3.14. The van der Waals surface area contributed by atoms with Crippen LogP contribution in [0, 0.1) is 5.41 Å². The fourth-order valence-electron chi connectivity index (χ4n) is 2.43. The van der Waals surface area contributed by atoms with Gasteiger partial charge in [0.1, 0.15) is 0 Å². The summed E-state index contributed by atoms with van der Waals surface area (Å²) in [5.41, 5.74) is 8.74. The standard InChI is InChI=1S/C12H12N4O/c13-16-15-12-7-11(12,8-12)10(17)14-6-9-4-2-1-3-5-9/h1-5H,6-8H2,(H,14,17). The average molecular weight is 228 g/mol. The van der Waals surface area contributed by atoms with Gasteiger partial charge in [-0.15, -0.1) is 0 Å². The Labute approximate surface area is 98.5 Å². The molecular weight excluding hydrogens is 216 g/mol. The minimum Gasteiger partial charge on any atom is -0.352 e. The van der Waals surface area contributed by atoms with Gasteiger partial charge in [0.05, 0.1) is 11.0 Å². The number of azide groups is 1. The fraction of sp³-hybridized carbons (Fsp3) is 0.417. The molecule has 1 aromatic carbocycles. The maximum absolute atomic E-state index is 11.9. The number of amides is 1. The fourth-order valence-corrected chi connectivity index (χ4v) is 2.43. The molecule has 17 heavy (non-hydrogen) atoms. The van der Waals surface area contributed by atoms with Crippen molar-refractivity contribution in [2.24, 2.45) is 10.5 Å². The van der Waals surface area contributed by atoms with Crippen LogP contribution in [0.5, 0.6) is 0 Å². The van der Waals surface area contributed by atoms with Crippen molar-refractivity contribution in [2.75, 3.05) is 0 Å². The number of hydrogen-bond donors (Lipinski definition) is 1. The van der Waals surface area contributed by atoms with Gasteiger partial charge in [0.15, 0.2) is 0 Å². The topological polar surface area (TPSA) is 77.9 Å². The first-order chi connectivity index (χ1) is 8.22. The molecule has 0 aromatic heterocycles. The highest BCUT2D eigenvalue weighted by Crippen LogP contribution is 2.81.